The van der Waals surface area contributed by atoms with Gasteiger partial charge in [0, 0.05) is 5.70 Å². The quantitative estimate of drug-likeness (QED) is 0.721. The van der Waals surface area contributed by atoms with Crippen molar-refractivity contribution in [3.05, 3.63) is 36.0 Å². The second kappa shape index (κ2) is 4.39. The van der Waals surface area contributed by atoms with Crippen molar-refractivity contribution in [2.24, 2.45) is 5.92 Å². The van der Waals surface area contributed by atoms with Crippen LogP contribution in [0.2, 0.25) is 0 Å². The Morgan fingerprint density at radius 1 is 1.33 bits per heavy atom. The molecule has 0 bridgehead atoms. The summed E-state index contributed by atoms with van der Waals surface area (Å²) in [5.41, 5.74) is 9.04. The van der Waals surface area contributed by atoms with Gasteiger partial charge < -0.3 is 11.1 Å². The van der Waals surface area contributed by atoms with Gasteiger partial charge in [0.15, 0.2) is 0 Å². The van der Waals surface area contributed by atoms with Crippen LogP contribution in [0.5, 0.6) is 0 Å². The van der Waals surface area contributed by atoms with E-state index in [1.807, 2.05) is 24.3 Å². The number of hydrogen-bond donors (Lipinski definition) is 2. The van der Waals surface area contributed by atoms with Crippen LogP contribution >= 0.6 is 0 Å². The summed E-state index contributed by atoms with van der Waals surface area (Å²) in [7, 11) is 0. The summed E-state index contributed by atoms with van der Waals surface area (Å²) < 4.78 is 0. The largest absolute Gasteiger partial charge is 0.397 e. The van der Waals surface area contributed by atoms with E-state index >= 15 is 0 Å². The highest BCUT2D eigenvalue weighted by molar-refractivity contribution is 5.67. The van der Waals surface area contributed by atoms with Gasteiger partial charge in [-0.3, -0.25) is 0 Å². The van der Waals surface area contributed by atoms with E-state index in [1.165, 1.54) is 18.5 Å². The second-order valence-electron chi connectivity index (χ2n) is 4.27. The van der Waals surface area contributed by atoms with Crippen molar-refractivity contribution in [1.82, 2.24) is 0 Å². The van der Waals surface area contributed by atoms with E-state index in [0.717, 1.165) is 17.8 Å². The van der Waals surface area contributed by atoms with Gasteiger partial charge in [0.2, 0.25) is 0 Å². The summed E-state index contributed by atoms with van der Waals surface area (Å²) in [4.78, 5) is 0. The van der Waals surface area contributed by atoms with E-state index in [0.29, 0.717) is 5.92 Å². The molecule has 1 aliphatic carbocycles. The van der Waals surface area contributed by atoms with E-state index in [2.05, 4.69) is 18.3 Å². The second-order valence-corrected chi connectivity index (χ2v) is 4.27. The number of allylic oxidation sites excluding steroid dienone is 2. The van der Waals surface area contributed by atoms with Crippen molar-refractivity contribution in [3.8, 4) is 0 Å². The Kier molecular flexibility index (Phi) is 2.95. The minimum atomic E-state index is 0.686. The maximum Gasteiger partial charge on any atom is 0.0615 e. The smallest absolute Gasteiger partial charge is 0.0615 e. The highest BCUT2D eigenvalue weighted by Crippen LogP contribution is 2.26. The fourth-order valence-corrected chi connectivity index (χ4v) is 2.01. The molecule has 2 rings (SSSR count). The number of anilines is 2. The van der Waals surface area contributed by atoms with E-state index in [-0.39, 0.29) is 0 Å². The average Bonchev–Trinajstić information content (AvgIpc) is 2.22. The van der Waals surface area contributed by atoms with Crippen molar-refractivity contribution >= 4 is 11.4 Å². The normalized spacial score (nSPS) is 20.9. The summed E-state index contributed by atoms with van der Waals surface area (Å²) in [6.07, 6.45) is 6.02. The summed E-state index contributed by atoms with van der Waals surface area (Å²) >= 11 is 0. The fraction of sp³-hybridized carbons (Fsp3) is 0.385. The Morgan fingerprint density at radius 3 is 2.87 bits per heavy atom. The predicted octanol–water partition coefficient (Wildman–Crippen LogP) is 3.38. The van der Waals surface area contributed by atoms with Crippen LogP contribution in [-0.2, 0) is 0 Å². The third kappa shape index (κ3) is 2.52. The molecular formula is C13H18N2. The lowest BCUT2D eigenvalue weighted by atomic mass is 9.95. The average molecular weight is 202 g/mol. The van der Waals surface area contributed by atoms with Gasteiger partial charge in [0.25, 0.3) is 0 Å². The van der Waals surface area contributed by atoms with Gasteiger partial charge in [0.05, 0.1) is 11.4 Å². The lowest BCUT2D eigenvalue weighted by molar-refractivity contribution is 0.570. The molecule has 0 saturated heterocycles. The number of nitrogens with two attached hydrogens (primary N) is 1. The highest BCUT2D eigenvalue weighted by Gasteiger charge is 2.09. The molecule has 80 valence electrons. The summed E-state index contributed by atoms with van der Waals surface area (Å²) in [5.74, 6) is 0.686. The Balaban J connectivity index is 2.12. The lowest BCUT2D eigenvalue weighted by Gasteiger charge is -2.19. The molecule has 2 heteroatoms. The molecule has 0 saturated carbocycles. The number of rotatable bonds is 2. The van der Waals surface area contributed by atoms with Crippen LogP contribution in [0, 0.1) is 5.92 Å². The molecule has 1 unspecified atom stereocenters. The molecule has 0 amide bonds. The number of nitrogens with one attached hydrogen (secondary N) is 1. The van der Waals surface area contributed by atoms with E-state index in [9.17, 15) is 0 Å². The summed E-state index contributed by atoms with van der Waals surface area (Å²) in [6, 6.07) is 7.91. The first kappa shape index (κ1) is 10.1. The molecule has 1 aromatic rings. The molecular weight excluding hydrogens is 184 g/mol. The Morgan fingerprint density at radius 2 is 2.13 bits per heavy atom. The Bertz CT molecular complexity index is 369. The molecule has 1 aromatic carbocycles. The molecule has 2 nitrogen and oxygen atoms in total. The van der Waals surface area contributed by atoms with E-state index < -0.39 is 0 Å². The van der Waals surface area contributed by atoms with Crippen LogP contribution in [0.15, 0.2) is 36.0 Å². The molecule has 0 heterocycles. The zero-order valence-corrected chi connectivity index (χ0v) is 9.16. The van der Waals surface area contributed by atoms with Crippen LogP contribution < -0.4 is 11.1 Å². The Labute approximate surface area is 91.2 Å². The molecule has 1 atom stereocenters. The van der Waals surface area contributed by atoms with Gasteiger partial charge in [-0.2, -0.15) is 0 Å². The molecule has 0 spiro atoms. The van der Waals surface area contributed by atoms with Gasteiger partial charge >= 0.3 is 0 Å². The van der Waals surface area contributed by atoms with Crippen molar-refractivity contribution in [1.29, 1.82) is 0 Å². The van der Waals surface area contributed by atoms with Gasteiger partial charge in [-0.1, -0.05) is 25.1 Å². The van der Waals surface area contributed by atoms with Gasteiger partial charge in [-0.05, 0) is 37.3 Å². The number of para-hydroxylation sites is 2. The molecule has 15 heavy (non-hydrogen) atoms. The first-order chi connectivity index (χ1) is 7.25. The molecule has 0 aliphatic heterocycles. The van der Waals surface area contributed by atoms with Gasteiger partial charge in [-0.25, -0.2) is 0 Å². The third-order valence-corrected chi connectivity index (χ3v) is 2.85. The Hall–Kier alpha value is -1.44. The van der Waals surface area contributed by atoms with Crippen LogP contribution in [0.4, 0.5) is 11.4 Å². The van der Waals surface area contributed by atoms with Crippen LogP contribution in [0.25, 0.3) is 0 Å². The summed E-state index contributed by atoms with van der Waals surface area (Å²) in [6.45, 7) is 2.26. The van der Waals surface area contributed by atoms with E-state index in [1.54, 1.807) is 0 Å². The lowest BCUT2D eigenvalue weighted by Crippen LogP contribution is -2.08. The molecule has 3 N–H and O–H groups in total. The summed E-state index contributed by atoms with van der Waals surface area (Å²) in [5, 5.41) is 3.42. The maximum atomic E-state index is 5.88. The van der Waals surface area contributed by atoms with Crippen LogP contribution in [0.1, 0.15) is 26.2 Å². The minimum absolute atomic E-state index is 0.686. The zero-order chi connectivity index (χ0) is 10.7. The third-order valence-electron chi connectivity index (χ3n) is 2.85. The fourth-order valence-electron chi connectivity index (χ4n) is 2.01. The molecule has 0 radical (unpaired) electrons. The van der Waals surface area contributed by atoms with Crippen LogP contribution in [0.3, 0.4) is 0 Å². The van der Waals surface area contributed by atoms with E-state index in [4.69, 9.17) is 5.73 Å². The first-order valence-corrected chi connectivity index (χ1v) is 5.58. The SMILES string of the molecule is CC1C=C(Nc2ccccc2N)CCC1. The van der Waals surface area contributed by atoms with Crippen molar-refractivity contribution < 1.29 is 0 Å². The molecule has 1 aliphatic rings. The number of nitrogen functional groups attached to an aromatic ring is 1. The van der Waals surface area contributed by atoms with Crippen molar-refractivity contribution in [2.45, 2.75) is 26.2 Å². The minimum Gasteiger partial charge on any atom is -0.397 e. The number of benzene rings is 1. The predicted molar refractivity (Wildman–Crippen MR) is 65.6 cm³/mol. The maximum absolute atomic E-state index is 5.88. The first-order valence-electron chi connectivity index (χ1n) is 5.58. The zero-order valence-electron chi connectivity index (χ0n) is 9.16. The van der Waals surface area contributed by atoms with Crippen molar-refractivity contribution in [3.63, 3.8) is 0 Å². The molecule has 0 aromatic heterocycles. The standard InChI is InChI=1S/C13H18N2/c1-10-5-4-6-11(9-10)15-13-8-3-2-7-12(13)14/h2-3,7-10,15H,4-6,14H2,1H3. The van der Waals surface area contributed by atoms with Gasteiger partial charge in [-0.15, -0.1) is 0 Å². The highest BCUT2D eigenvalue weighted by atomic mass is 14.9. The topological polar surface area (TPSA) is 38.0 Å². The number of hydrogen-bond acceptors (Lipinski definition) is 2. The molecule has 0 fully saturated rings. The van der Waals surface area contributed by atoms with Crippen molar-refractivity contribution in [2.75, 3.05) is 11.1 Å². The van der Waals surface area contributed by atoms with Crippen LogP contribution in [-0.4, -0.2) is 0 Å². The van der Waals surface area contributed by atoms with Gasteiger partial charge in [0.1, 0.15) is 0 Å². The monoisotopic (exact) mass is 202 g/mol.